The van der Waals surface area contributed by atoms with Crippen molar-refractivity contribution in [2.24, 2.45) is 5.73 Å². The van der Waals surface area contributed by atoms with Gasteiger partial charge in [0.25, 0.3) is 5.92 Å². The summed E-state index contributed by atoms with van der Waals surface area (Å²) in [5.41, 5.74) is 4.39. The highest BCUT2D eigenvalue weighted by Crippen LogP contribution is 2.39. The van der Waals surface area contributed by atoms with Gasteiger partial charge in [-0.15, -0.1) is 0 Å². The topological polar surface area (TPSA) is 26.0 Å². The van der Waals surface area contributed by atoms with E-state index in [0.29, 0.717) is 5.02 Å². The quantitative estimate of drug-likeness (QED) is 0.872. The average molecular weight is 268 g/mol. The smallest absolute Gasteiger partial charge is 0.276 e. The minimum atomic E-state index is -3.06. The second-order valence-electron chi connectivity index (χ2n) is 4.49. The van der Waals surface area contributed by atoms with Crippen LogP contribution in [0, 0.1) is 0 Å². The molecule has 1 nitrogen and oxygen atoms in total. The maximum Gasteiger partial charge on any atom is 0.276 e. The van der Waals surface area contributed by atoms with Crippen LogP contribution >= 0.6 is 23.2 Å². The number of rotatable bonds is 3. The van der Waals surface area contributed by atoms with Crippen LogP contribution in [0.25, 0.3) is 0 Å². The molecule has 0 aliphatic carbocycles. The lowest BCUT2D eigenvalue weighted by atomic mass is 9.93. The Hall–Kier alpha value is -0.380. The van der Waals surface area contributed by atoms with Crippen molar-refractivity contribution in [2.45, 2.75) is 31.7 Å². The summed E-state index contributed by atoms with van der Waals surface area (Å²) in [4.78, 5) is 0. The Bertz CT molecular complexity index is 386. The van der Waals surface area contributed by atoms with Gasteiger partial charge < -0.3 is 5.73 Å². The maximum absolute atomic E-state index is 13.8. The molecular formula is C11H13Cl2F2N. The predicted molar refractivity (Wildman–Crippen MR) is 63.2 cm³/mol. The standard InChI is InChI=1S/C11H13Cl2F2N/c1-10(2,16)6-11(14,15)8-4-3-7(12)5-9(8)13/h3-5H,6,16H2,1-2H3. The molecule has 0 bridgehead atoms. The molecule has 90 valence electrons. The molecule has 0 amide bonds. The van der Waals surface area contributed by atoms with Gasteiger partial charge in [-0.05, 0) is 26.0 Å². The number of hydrogen-bond acceptors (Lipinski definition) is 1. The zero-order chi connectivity index (χ0) is 12.6. The van der Waals surface area contributed by atoms with Gasteiger partial charge in [0, 0.05) is 22.5 Å². The zero-order valence-electron chi connectivity index (χ0n) is 9.03. The van der Waals surface area contributed by atoms with Crippen molar-refractivity contribution in [1.82, 2.24) is 0 Å². The van der Waals surface area contributed by atoms with Crippen molar-refractivity contribution in [2.75, 3.05) is 0 Å². The largest absolute Gasteiger partial charge is 0.325 e. The molecule has 0 atom stereocenters. The van der Waals surface area contributed by atoms with Gasteiger partial charge in [-0.25, -0.2) is 8.78 Å². The van der Waals surface area contributed by atoms with Crippen LogP contribution < -0.4 is 5.73 Å². The molecule has 1 rings (SSSR count). The molecule has 0 aromatic heterocycles. The van der Waals surface area contributed by atoms with Crippen LogP contribution in [0.3, 0.4) is 0 Å². The van der Waals surface area contributed by atoms with Gasteiger partial charge in [0.15, 0.2) is 0 Å². The SMILES string of the molecule is CC(C)(N)CC(F)(F)c1ccc(Cl)cc1Cl. The summed E-state index contributed by atoms with van der Waals surface area (Å²) in [5.74, 6) is -3.06. The molecule has 0 radical (unpaired) electrons. The van der Waals surface area contributed by atoms with Gasteiger partial charge >= 0.3 is 0 Å². The summed E-state index contributed by atoms with van der Waals surface area (Å²) in [7, 11) is 0. The first-order chi connectivity index (χ1) is 7.12. The highest BCUT2D eigenvalue weighted by atomic mass is 35.5. The Morgan fingerprint density at radius 2 is 1.81 bits per heavy atom. The molecule has 0 aliphatic rings. The second-order valence-corrected chi connectivity index (χ2v) is 5.34. The lowest BCUT2D eigenvalue weighted by molar-refractivity contribution is -0.0294. The van der Waals surface area contributed by atoms with Crippen molar-refractivity contribution in [3.63, 3.8) is 0 Å². The van der Waals surface area contributed by atoms with Crippen LogP contribution in [0.2, 0.25) is 10.0 Å². The number of hydrogen-bond donors (Lipinski definition) is 1. The Balaban J connectivity index is 3.07. The zero-order valence-corrected chi connectivity index (χ0v) is 10.5. The van der Waals surface area contributed by atoms with E-state index in [-0.39, 0.29) is 10.6 Å². The van der Waals surface area contributed by atoms with Crippen molar-refractivity contribution < 1.29 is 8.78 Å². The van der Waals surface area contributed by atoms with E-state index in [1.807, 2.05) is 0 Å². The van der Waals surface area contributed by atoms with Gasteiger partial charge in [0.2, 0.25) is 0 Å². The molecule has 5 heteroatoms. The minimum Gasteiger partial charge on any atom is -0.325 e. The van der Waals surface area contributed by atoms with E-state index in [1.54, 1.807) is 13.8 Å². The van der Waals surface area contributed by atoms with Crippen LogP contribution in [-0.2, 0) is 5.92 Å². The molecule has 0 saturated carbocycles. The van der Waals surface area contributed by atoms with Crippen LogP contribution in [0.5, 0.6) is 0 Å². The molecule has 0 aliphatic heterocycles. The van der Waals surface area contributed by atoms with E-state index < -0.39 is 17.9 Å². The van der Waals surface area contributed by atoms with Crippen LogP contribution in [0.4, 0.5) is 8.78 Å². The predicted octanol–water partition coefficient (Wildman–Crippen LogP) is 4.21. The van der Waals surface area contributed by atoms with E-state index in [4.69, 9.17) is 28.9 Å². The van der Waals surface area contributed by atoms with Crippen molar-refractivity contribution in [3.05, 3.63) is 33.8 Å². The monoisotopic (exact) mass is 267 g/mol. The fraction of sp³-hybridized carbons (Fsp3) is 0.455. The number of halogens is 4. The van der Waals surface area contributed by atoms with Crippen LogP contribution in [-0.4, -0.2) is 5.54 Å². The molecule has 0 saturated heterocycles. The molecule has 0 fully saturated rings. The van der Waals surface area contributed by atoms with E-state index in [9.17, 15) is 8.78 Å². The van der Waals surface area contributed by atoms with Crippen molar-refractivity contribution >= 4 is 23.2 Å². The van der Waals surface area contributed by atoms with Gasteiger partial charge in [-0.2, -0.15) is 0 Å². The Morgan fingerprint density at radius 1 is 1.25 bits per heavy atom. The number of nitrogens with two attached hydrogens (primary N) is 1. The first kappa shape index (κ1) is 13.7. The number of alkyl halides is 2. The maximum atomic E-state index is 13.8. The minimum absolute atomic E-state index is 0.0400. The fourth-order valence-corrected chi connectivity index (χ4v) is 2.00. The van der Waals surface area contributed by atoms with E-state index in [0.717, 1.165) is 0 Å². The highest BCUT2D eigenvalue weighted by molar-refractivity contribution is 6.35. The third-order valence-corrected chi connectivity index (χ3v) is 2.55. The fourth-order valence-electron chi connectivity index (χ4n) is 1.45. The highest BCUT2D eigenvalue weighted by Gasteiger charge is 2.38. The van der Waals surface area contributed by atoms with Gasteiger partial charge in [-0.3, -0.25) is 0 Å². The molecule has 0 spiro atoms. The summed E-state index contributed by atoms with van der Waals surface area (Å²) in [6, 6.07) is 3.92. The summed E-state index contributed by atoms with van der Waals surface area (Å²) < 4.78 is 27.7. The van der Waals surface area contributed by atoms with Crippen LogP contribution in [0.1, 0.15) is 25.8 Å². The Kier molecular flexibility index (Phi) is 3.83. The Labute approximate surface area is 104 Å². The molecular weight excluding hydrogens is 255 g/mol. The number of benzene rings is 1. The molecule has 0 unspecified atom stereocenters. The van der Waals surface area contributed by atoms with E-state index >= 15 is 0 Å². The first-order valence-electron chi connectivity index (χ1n) is 4.74. The molecule has 1 aromatic carbocycles. The van der Waals surface area contributed by atoms with E-state index in [1.165, 1.54) is 18.2 Å². The average Bonchev–Trinajstić information content (AvgIpc) is 1.97. The third-order valence-electron chi connectivity index (χ3n) is 2.00. The third kappa shape index (κ3) is 3.58. The van der Waals surface area contributed by atoms with E-state index in [2.05, 4.69) is 0 Å². The Morgan fingerprint density at radius 3 is 2.25 bits per heavy atom. The van der Waals surface area contributed by atoms with Crippen molar-refractivity contribution in [1.29, 1.82) is 0 Å². The molecule has 0 heterocycles. The van der Waals surface area contributed by atoms with Crippen molar-refractivity contribution in [3.8, 4) is 0 Å². The lowest BCUT2D eigenvalue weighted by Crippen LogP contribution is -2.38. The first-order valence-corrected chi connectivity index (χ1v) is 5.50. The van der Waals surface area contributed by atoms with Gasteiger partial charge in [0.05, 0.1) is 5.02 Å². The molecule has 1 aromatic rings. The molecule has 16 heavy (non-hydrogen) atoms. The summed E-state index contributed by atoms with van der Waals surface area (Å²) in [5, 5.41) is 0.290. The normalized spacial score (nSPS) is 12.9. The van der Waals surface area contributed by atoms with Gasteiger partial charge in [0.1, 0.15) is 0 Å². The lowest BCUT2D eigenvalue weighted by Gasteiger charge is -2.26. The second kappa shape index (κ2) is 4.47. The van der Waals surface area contributed by atoms with Crippen LogP contribution in [0.15, 0.2) is 18.2 Å². The summed E-state index contributed by atoms with van der Waals surface area (Å²) in [6.07, 6.45) is -0.471. The molecule has 2 N–H and O–H groups in total. The summed E-state index contributed by atoms with van der Waals surface area (Å²) >= 11 is 11.4. The summed E-state index contributed by atoms with van der Waals surface area (Å²) in [6.45, 7) is 3.09. The van der Waals surface area contributed by atoms with Gasteiger partial charge in [-0.1, -0.05) is 29.3 Å².